The van der Waals surface area contributed by atoms with E-state index >= 15 is 0 Å². The number of amides is 1. The number of aromatic nitrogens is 4. The number of nitrogens with zero attached hydrogens (tertiary/aromatic N) is 4. The monoisotopic (exact) mass is 329 g/mol. The molecule has 1 atom stereocenters. The zero-order chi connectivity index (χ0) is 17.6. The number of anilines is 1. The van der Waals surface area contributed by atoms with Crippen LogP contribution in [0, 0.1) is 13.8 Å². The number of fused-ring (bicyclic) bond motifs is 1. The van der Waals surface area contributed by atoms with Gasteiger partial charge >= 0.3 is 0 Å². The fraction of sp³-hybridized carbons (Fsp3) is 0.611. The minimum absolute atomic E-state index is 0.0517. The van der Waals surface area contributed by atoms with Crippen LogP contribution < -0.4 is 5.32 Å². The summed E-state index contributed by atoms with van der Waals surface area (Å²) in [6.45, 7) is 11.4. The van der Waals surface area contributed by atoms with Crippen LogP contribution in [0.25, 0.3) is 0 Å². The predicted octanol–water partition coefficient (Wildman–Crippen LogP) is 3.05. The summed E-state index contributed by atoms with van der Waals surface area (Å²) in [7, 11) is 1.90. The minimum atomic E-state index is -0.0517. The summed E-state index contributed by atoms with van der Waals surface area (Å²) in [5.74, 6) is 1.11. The highest BCUT2D eigenvalue weighted by atomic mass is 16.1. The van der Waals surface area contributed by atoms with E-state index in [-0.39, 0.29) is 17.2 Å². The van der Waals surface area contributed by atoms with Gasteiger partial charge in [-0.05, 0) is 32.3 Å². The first-order valence-electron chi connectivity index (χ1n) is 8.55. The van der Waals surface area contributed by atoms with E-state index in [1.54, 1.807) is 0 Å². The van der Waals surface area contributed by atoms with Crippen LogP contribution in [0.1, 0.15) is 62.2 Å². The van der Waals surface area contributed by atoms with E-state index in [9.17, 15) is 4.79 Å². The van der Waals surface area contributed by atoms with Crippen molar-refractivity contribution in [2.75, 3.05) is 5.32 Å². The van der Waals surface area contributed by atoms with Gasteiger partial charge in [-0.1, -0.05) is 20.8 Å². The lowest BCUT2D eigenvalue weighted by Crippen LogP contribution is -2.26. The van der Waals surface area contributed by atoms with E-state index < -0.39 is 0 Å². The molecule has 2 aromatic rings. The first-order valence-corrected chi connectivity index (χ1v) is 8.55. The number of carbonyl (C=O) groups is 1. The highest BCUT2D eigenvalue weighted by Gasteiger charge is 2.35. The molecule has 6 nitrogen and oxygen atoms in total. The van der Waals surface area contributed by atoms with E-state index in [1.807, 2.05) is 23.3 Å². The SMILES string of the molecule is Cc1cc(C)n(CCC2CC(=O)Nc3c2c(C(C)(C)C)nn3C)n1. The molecule has 0 saturated carbocycles. The zero-order valence-corrected chi connectivity index (χ0v) is 15.5. The Bertz CT molecular complexity index is 778. The van der Waals surface area contributed by atoms with Crippen LogP contribution in [0.15, 0.2) is 6.07 Å². The Morgan fingerprint density at radius 1 is 1.29 bits per heavy atom. The number of nitrogens with one attached hydrogen (secondary N) is 1. The van der Waals surface area contributed by atoms with Gasteiger partial charge in [-0.25, -0.2) is 0 Å². The van der Waals surface area contributed by atoms with Crippen molar-refractivity contribution in [2.24, 2.45) is 7.05 Å². The predicted molar refractivity (Wildman–Crippen MR) is 94.2 cm³/mol. The minimum Gasteiger partial charge on any atom is -0.311 e. The molecule has 0 bridgehead atoms. The van der Waals surface area contributed by atoms with Gasteiger partial charge in [0.15, 0.2) is 0 Å². The molecule has 1 N–H and O–H groups in total. The van der Waals surface area contributed by atoms with Crippen LogP contribution in [-0.2, 0) is 23.8 Å². The summed E-state index contributed by atoms with van der Waals surface area (Å²) in [5.41, 5.74) is 4.43. The van der Waals surface area contributed by atoms with Crippen molar-refractivity contribution < 1.29 is 4.79 Å². The van der Waals surface area contributed by atoms with Gasteiger partial charge in [0.1, 0.15) is 5.82 Å². The Kier molecular flexibility index (Phi) is 4.01. The highest BCUT2D eigenvalue weighted by Crippen LogP contribution is 2.41. The first kappa shape index (κ1) is 16.7. The third-order valence-corrected chi connectivity index (χ3v) is 4.68. The maximum absolute atomic E-state index is 12.2. The average Bonchev–Trinajstić information content (AvgIpc) is 2.96. The molecule has 0 fully saturated rings. The number of hydrogen-bond acceptors (Lipinski definition) is 3. The zero-order valence-electron chi connectivity index (χ0n) is 15.5. The molecule has 1 unspecified atom stereocenters. The second-order valence-electron chi connectivity index (χ2n) is 7.87. The molecule has 1 amide bonds. The van der Waals surface area contributed by atoms with Crippen LogP contribution >= 0.6 is 0 Å². The molecule has 0 spiro atoms. The molecule has 3 rings (SSSR count). The Morgan fingerprint density at radius 2 is 2.00 bits per heavy atom. The Labute approximate surface area is 143 Å². The highest BCUT2D eigenvalue weighted by molar-refractivity contribution is 5.94. The number of rotatable bonds is 3. The van der Waals surface area contributed by atoms with Crippen molar-refractivity contribution in [3.63, 3.8) is 0 Å². The Balaban J connectivity index is 1.93. The molecule has 0 saturated heterocycles. The van der Waals surface area contributed by atoms with E-state index in [0.717, 1.165) is 35.9 Å². The lowest BCUT2D eigenvalue weighted by atomic mass is 9.81. The van der Waals surface area contributed by atoms with Crippen molar-refractivity contribution >= 4 is 11.7 Å². The molecular weight excluding hydrogens is 302 g/mol. The van der Waals surface area contributed by atoms with Gasteiger partial charge in [0.05, 0.1) is 11.4 Å². The van der Waals surface area contributed by atoms with Crippen LogP contribution in [-0.4, -0.2) is 25.5 Å². The quantitative estimate of drug-likeness (QED) is 0.941. The summed E-state index contributed by atoms with van der Waals surface area (Å²) >= 11 is 0. The molecule has 3 heterocycles. The molecule has 6 heteroatoms. The van der Waals surface area contributed by atoms with E-state index in [1.165, 1.54) is 5.56 Å². The molecular formula is C18H27N5O. The molecule has 0 radical (unpaired) electrons. The maximum atomic E-state index is 12.2. The van der Waals surface area contributed by atoms with Crippen molar-refractivity contribution in [3.8, 4) is 0 Å². The average molecular weight is 329 g/mol. The fourth-order valence-corrected chi connectivity index (χ4v) is 3.56. The summed E-state index contributed by atoms with van der Waals surface area (Å²) in [4.78, 5) is 12.2. The van der Waals surface area contributed by atoms with Gasteiger partial charge in [-0.15, -0.1) is 0 Å². The third-order valence-electron chi connectivity index (χ3n) is 4.68. The first-order chi connectivity index (χ1) is 11.2. The number of hydrogen-bond donors (Lipinski definition) is 1. The van der Waals surface area contributed by atoms with E-state index in [0.29, 0.717) is 6.42 Å². The smallest absolute Gasteiger partial charge is 0.226 e. The van der Waals surface area contributed by atoms with Gasteiger partial charge in [-0.3, -0.25) is 14.2 Å². The van der Waals surface area contributed by atoms with Crippen LogP contribution in [0.3, 0.4) is 0 Å². The van der Waals surface area contributed by atoms with Crippen molar-refractivity contribution in [2.45, 2.75) is 65.3 Å². The van der Waals surface area contributed by atoms with E-state index in [2.05, 4.69) is 44.2 Å². The molecule has 0 aliphatic carbocycles. The van der Waals surface area contributed by atoms with Gasteiger partial charge in [0.2, 0.25) is 5.91 Å². The fourth-order valence-electron chi connectivity index (χ4n) is 3.56. The number of aryl methyl sites for hydroxylation is 4. The van der Waals surface area contributed by atoms with Gasteiger partial charge in [-0.2, -0.15) is 10.2 Å². The topological polar surface area (TPSA) is 64.7 Å². The normalized spacial score (nSPS) is 17.8. The largest absolute Gasteiger partial charge is 0.311 e. The molecule has 130 valence electrons. The van der Waals surface area contributed by atoms with Gasteiger partial charge in [0, 0.05) is 36.7 Å². The van der Waals surface area contributed by atoms with Crippen molar-refractivity contribution in [1.82, 2.24) is 19.6 Å². The summed E-state index contributed by atoms with van der Waals surface area (Å²) < 4.78 is 3.85. The Hall–Kier alpha value is -2.11. The molecule has 1 aliphatic heterocycles. The number of carbonyl (C=O) groups excluding carboxylic acids is 1. The second-order valence-corrected chi connectivity index (χ2v) is 7.87. The summed E-state index contributed by atoms with van der Waals surface area (Å²) in [5, 5.41) is 12.2. The van der Waals surface area contributed by atoms with Crippen molar-refractivity contribution in [3.05, 3.63) is 28.7 Å². The third kappa shape index (κ3) is 2.97. The van der Waals surface area contributed by atoms with Crippen LogP contribution in [0.2, 0.25) is 0 Å². The second kappa shape index (κ2) is 5.76. The lowest BCUT2D eigenvalue weighted by Gasteiger charge is -2.27. The van der Waals surface area contributed by atoms with Crippen LogP contribution in [0.4, 0.5) is 5.82 Å². The maximum Gasteiger partial charge on any atom is 0.226 e. The van der Waals surface area contributed by atoms with Crippen LogP contribution in [0.5, 0.6) is 0 Å². The van der Waals surface area contributed by atoms with Gasteiger partial charge in [0.25, 0.3) is 0 Å². The van der Waals surface area contributed by atoms with Crippen molar-refractivity contribution in [1.29, 1.82) is 0 Å². The summed E-state index contributed by atoms with van der Waals surface area (Å²) in [6, 6.07) is 2.09. The Morgan fingerprint density at radius 3 is 2.58 bits per heavy atom. The molecule has 1 aliphatic rings. The van der Waals surface area contributed by atoms with E-state index in [4.69, 9.17) is 5.10 Å². The molecule has 24 heavy (non-hydrogen) atoms. The van der Waals surface area contributed by atoms with Gasteiger partial charge < -0.3 is 5.32 Å². The standard InChI is InChI=1S/C18H27N5O/c1-11-9-12(2)23(20-11)8-7-13-10-14(24)19-17-15(13)16(18(3,4)5)21-22(17)6/h9,13H,7-8,10H2,1-6H3,(H,19,24). The summed E-state index contributed by atoms with van der Waals surface area (Å²) in [6.07, 6.45) is 1.40. The molecule has 2 aromatic heterocycles. The lowest BCUT2D eigenvalue weighted by molar-refractivity contribution is -0.117. The molecule has 0 aromatic carbocycles.